The number of anilines is 1. The molecule has 1 aromatic heterocycles. The minimum absolute atomic E-state index is 0.225. The Hall–Kier alpha value is -2.94. The van der Waals surface area contributed by atoms with Gasteiger partial charge in [-0.05, 0) is 93.4 Å². The van der Waals surface area contributed by atoms with Crippen molar-refractivity contribution in [3.63, 3.8) is 0 Å². The minimum atomic E-state index is -3.56. The van der Waals surface area contributed by atoms with Gasteiger partial charge in [-0.15, -0.1) is 0 Å². The zero-order valence-corrected chi connectivity index (χ0v) is 21.8. The third kappa shape index (κ3) is 4.85. The second-order valence-corrected chi connectivity index (χ2v) is 11.5. The van der Waals surface area contributed by atoms with E-state index in [2.05, 4.69) is 47.2 Å². The lowest BCUT2D eigenvalue weighted by Gasteiger charge is -2.17. The number of nitrogens with one attached hydrogen (secondary N) is 2. The number of fused-ring (bicyclic) bond motifs is 2. The van der Waals surface area contributed by atoms with Gasteiger partial charge in [-0.25, -0.2) is 8.42 Å². The second-order valence-electron chi connectivity index (χ2n) is 9.61. The number of benzene rings is 2. The summed E-state index contributed by atoms with van der Waals surface area (Å²) in [6.45, 7) is 8.74. The van der Waals surface area contributed by atoms with Gasteiger partial charge in [0, 0.05) is 40.9 Å². The lowest BCUT2D eigenvalue weighted by molar-refractivity contribution is -0.110. The van der Waals surface area contributed by atoms with Gasteiger partial charge < -0.3 is 15.2 Å². The van der Waals surface area contributed by atoms with Crippen LogP contribution >= 0.6 is 0 Å². The zero-order valence-electron chi connectivity index (χ0n) is 21.0. The zero-order chi connectivity index (χ0) is 25.3. The Balaban J connectivity index is 1.40. The number of aromatic nitrogens is 1. The van der Waals surface area contributed by atoms with Crippen molar-refractivity contribution in [2.45, 2.75) is 44.4 Å². The van der Waals surface area contributed by atoms with E-state index in [1.54, 1.807) is 18.2 Å². The van der Waals surface area contributed by atoms with E-state index in [-0.39, 0.29) is 10.8 Å². The number of carbonyl (C=O) groups is 1. The van der Waals surface area contributed by atoms with Crippen LogP contribution in [0.25, 0.3) is 22.6 Å². The molecule has 3 heterocycles. The maximum Gasteiger partial charge on any atom is 0.256 e. The number of hydrogen-bond donors (Lipinski definition) is 2. The number of aryl methyl sites for hydroxylation is 1. The van der Waals surface area contributed by atoms with Crippen LogP contribution in [-0.4, -0.2) is 61.2 Å². The Morgan fingerprint density at radius 2 is 1.81 bits per heavy atom. The largest absolute Gasteiger partial charge is 0.355 e. The van der Waals surface area contributed by atoms with Crippen LogP contribution in [0.4, 0.5) is 5.69 Å². The molecule has 1 amide bonds. The number of nitrogens with zero attached hydrogens (tertiary/aromatic N) is 2. The van der Waals surface area contributed by atoms with Crippen LogP contribution in [-0.2, 0) is 21.2 Å². The van der Waals surface area contributed by atoms with Crippen LogP contribution in [0.15, 0.2) is 47.4 Å². The van der Waals surface area contributed by atoms with Crippen molar-refractivity contribution in [1.29, 1.82) is 0 Å². The first-order valence-corrected chi connectivity index (χ1v) is 14.3. The van der Waals surface area contributed by atoms with Crippen molar-refractivity contribution in [1.82, 2.24) is 14.2 Å². The van der Waals surface area contributed by atoms with Crippen LogP contribution in [0.5, 0.6) is 0 Å². The molecular weight excluding hydrogens is 472 g/mol. The summed E-state index contributed by atoms with van der Waals surface area (Å²) in [6, 6.07) is 13.4. The van der Waals surface area contributed by atoms with E-state index in [1.165, 1.54) is 9.87 Å². The van der Waals surface area contributed by atoms with Gasteiger partial charge >= 0.3 is 0 Å². The van der Waals surface area contributed by atoms with Gasteiger partial charge in [-0.1, -0.05) is 19.9 Å². The average Bonchev–Trinajstić information content (AvgIpc) is 3.61. The third-order valence-corrected chi connectivity index (χ3v) is 9.21. The lowest BCUT2D eigenvalue weighted by atomic mass is 10.1. The normalized spacial score (nSPS) is 17.4. The SMILES string of the molecule is CCN(CC)CCCc1ccc2[nH]c(C=C3C(=O)Nc4ccc(S(=O)(=O)N5CCCC5)cc43)cc2c1. The maximum atomic E-state index is 13.1. The minimum Gasteiger partial charge on any atom is -0.355 e. The van der Waals surface area contributed by atoms with Crippen LogP contribution in [0.3, 0.4) is 0 Å². The van der Waals surface area contributed by atoms with Gasteiger partial charge in [0.1, 0.15) is 0 Å². The summed E-state index contributed by atoms with van der Waals surface area (Å²) in [7, 11) is -3.56. The molecule has 1 saturated heterocycles. The molecule has 0 radical (unpaired) electrons. The molecule has 0 unspecified atom stereocenters. The number of hydrogen-bond acceptors (Lipinski definition) is 4. The number of aromatic amines is 1. The molecule has 3 aromatic rings. The van der Waals surface area contributed by atoms with E-state index in [0.29, 0.717) is 29.9 Å². The fourth-order valence-corrected chi connectivity index (χ4v) is 6.73. The number of amides is 1. The molecule has 7 nitrogen and oxygen atoms in total. The lowest BCUT2D eigenvalue weighted by Crippen LogP contribution is -2.27. The van der Waals surface area contributed by atoms with Crippen LogP contribution < -0.4 is 5.32 Å². The Morgan fingerprint density at radius 3 is 2.56 bits per heavy atom. The summed E-state index contributed by atoms with van der Waals surface area (Å²) in [4.78, 5) is 18.8. The number of rotatable bonds is 9. The second kappa shape index (κ2) is 10.2. The van der Waals surface area contributed by atoms with Gasteiger partial charge in [0.05, 0.1) is 10.5 Å². The Labute approximate surface area is 213 Å². The Bertz CT molecular complexity index is 1410. The molecule has 2 aliphatic heterocycles. The molecule has 8 heteroatoms. The van der Waals surface area contributed by atoms with Gasteiger partial charge in [0.15, 0.2) is 0 Å². The summed E-state index contributed by atoms with van der Waals surface area (Å²) in [5.41, 5.74) is 4.85. The molecule has 2 aromatic carbocycles. The predicted molar refractivity (Wildman–Crippen MR) is 145 cm³/mol. The number of H-pyrrole nitrogens is 1. The highest BCUT2D eigenvalue weighted by atomic mass is 32.2. The monoisotopic (exact) mass is 506 g/mol. The molecule has 190 valence electrons. The van der Waals surface area contributed by atoms with Crippen molar-refractivity contribution < 1.29 is 13.2 Å². The molecular formula is C28H34N4O3S. The van der Waals surface area contributed by atoms with Crippen molar-refractivity contribution in [2.75, 3.05) is 38.0 Å². The molecule has 0 aliphatic carbocycles. The molecule has 1 fully saturated rings. The standard InChI is InChI=1S/C28H34N4O3S/c1-3-31(4-2)13-7-8-20-9-11-26-21(16-20)17-22(29-26)18-25-24-19-23(10-12-27(24)30-28(25)33)36(34,35)32-14-5-6-15-32/h9-12,16-19,29H,3-8,13-15H2,1-2H3,(H,30,33). The first kappa shape index (κ1) is 24.7. The van der Waals surface area contributed by atoms with Crippen LogP contribution in [0, 0.1) is 0 Å². The fraction of sp³-hybridized carbons (Fsp3) is 0.393. The molecule has 5 rings (SSSR count). The van der Waals surface area contributed by atoms with E-state index in [0.717, 1.165) is 61.9 Å². The van der Waals surface area contributed by atoms with Crippen molar-refractivity contribution in [3.05, 3.63) is 59.3 Å². The Kier molecular flexibility index (Phi) is 7.01. The molecule has 0 spiro atoms. The topological polar surface area (TPSA) is 85.5 Å². The molecule has 0 bridgehead atoms. The van der Waals surface area contributed by atoms with E-state index >= 15 is 0 Å². The number of carbonyl (C=O) groups excluding carboxylic acids is 1. The van der Waals surface area contributed by atoms with Gasteiger partial charge in [-0.3, -0.25) is 4.79 Å². The molecule has 0 saturated carbocycles. The molecule has 2 N–H and O–H groups in total. The summed E-state index contributed by atoms with van der Waals surface area (Å²) < 4.78 is 27.7. The van der Waals surface area contributed by atoms with E-state index in [4.69, 9.17) is 0 Å². The van der Waals surface area contributed by atoms with Gasteiger partial charge in [0.25, 0.3) is 5.91 Å². The average molecular weight is 507 g/mol. The highest BCUT2D eigenvalue weighted by Crippen LogP contribution is 2.36. The summed E-state index contributed by atoms with van der Waals surface area (Å²) in [6.07, 6.45) is 5.72. The first-order chi connectivity index (χ1) is 17.4. The quantitative estimate of drug-likeness (QED) is 0.411. The fourth-order valence-electron chi connectivity index (χ4n) is 5.19. The highest BCUT2D eigenvalue weighted by Gasteiger charge is 2.31. The van der Waals surface area contributed by atoms with E-state index < -0.39 is 10.0 Å². The predicted octanol–water partition coefficient (Wildman–Crippen LogP) is 4.72. The molecule has 0 atom stereocenters. The van der Waals surface area contributed by atoms with Crippen molar-refractivity contribution in [3.8, 4) is 0 Å². The summed E-state index contributed by atoms with van der Waals surface area (Å²) in [5.74, 6) is -0.225. The summed E-state index contributed by atoms with van der Waals surface area (Å²) in [5, 5.41) is 3.97. The third-order valence-electron chi connectivity index (χ3n) is 7.32. The smallest absolute Gasteiger partial charge is 0.256 e. The molecule has 36 heavy (non-hydrogen) atoms. The van der Waals surface area contributed by atoms with Crippen molar-refractivity contribution >= 4 is 44.2 Å². The van der Waals surface area contributed by atoms with E-state index in [9.17, 15) is 13.2 Å². The van der Waals surface area contributed by atoms with Crippen molar-refractivity contribution in [2.24, 2.45) is 0 Å². The Morgan fingerprint density at radius 1 is 1.03 bits per heavy atom. The van der Waals surface area contributed by atoms with Crippen LogP contribution in [0.2, 0.25) is 0 Å². The summed E-state index contributed by atoms with van der Waals surface area (Å²) >= 11 is 0. The van der Waals surface area contributed by atoms with Gasteiger partial charge in [0.2, 0.25) is 10.0 Å². The van der Waals surface area contributed by atoms with E-state index in [1.807, 2.05) is 12.1 Å². The van der Waals surface area contributed by atoms with Crippen LogP contribution in [0.1, 0.15) is 49.9 Å². The maximum absolute atomic E-state index is 13.1. The first-order valence-electron chi connectivity index (χ1n) is 12.9. The highest BCUT2D eigenvalue weighted by molar-refractivity contribution is 7.89. The number of sulfonamides is 1. The van der Waals surface area contributed by atoms with Gasteiger partial charge in [-0.2, -0.15) is 4.31 Å². The molecule has 2 aliphatic rings.